The molecule has 0 saturated carbocycles. The van der Waals surface area contributed by atoms with E-state index in [4.69, 9.17) is 4.42 Å². The van der Waals surface area contributed by atoms with Crippen molar-refractivity contribution < 1.29 is 24.2 Å². The van der Waals surface area contributed by atoms with Crippen molar-refractivity contribution in [2.45, 2.75) is 19.4 Å². The Labute approximate surface area is 177 Å². The Kier molecular flexibility index (Phi) is 4.94. The van der Waals surface area contributed by atoms with Crippen molar-refractivity contribution in [1.82, 2.24) is 0 Å². The number of aliphatic hydroxyl groups excluding tert-OH is 1. The summed E-state index contributed by atoms with van der Waals surface area (Å²) in [6.07, 6.45) is 2.67. The third kappa shape index (κ3) is 3.61. The van der Waals surface area contributed by atoms with Crippen LogP contribution in [0.25, 0.3) is 28.5 Å². The summed E-state index contributed by atoms with van der Waals surface area (Å²) in [6.45, 7) is 5.12. The molecule has 1 atom stereocenters. The Morgan fingerprint density at radius 1 is 1.19 bits per heavy atom. The van der Waals surface area contributed by atoms with E-state index < -0.39 is 28.8 Å². The molecule has 0 fully saturated rings. The lowest BCUT2D eigenvalue weighted by atomic mass is 9.87. The average molecular weight is 417 g/mol. The first kappa shape index (κ1) is 20.2. The molecule has 4 rings (SSSR count). The number of carbonyl (C=O) groups excluding carboxylic acids is 2. The molecule has 156 valence electrons. The topological polar surface area (TPSA) is 117 Å². The molecule has 1 unspecified atom stereocenters. The molecule has 2 aliphatic carbocycles. The molecule has 7 nitrogen and oxygen atoms in total. The van der Waals surface area contributed by atoms with Crippen molar-refractivity contribution in [1.29, 1.82) is 0 Å². The van der Waals surface area contributed by atoms with E-state index in [2.05, 4.69) is 11.9 Å². The first-order valence-electron chi connectivity index (χ1n) is 9.55. The zero-order valence-electron chi connectivity index (χ0n) is 16.6. The zero-order chi connectivity index (χ0) is 22.3. The smallest absolute Gasteiger partial charge is 0.223 e. The van der Waals surface area contributed by atoms with Crippen LogP contribution in [0.2, 0.25) is 0 Å². The number of benzene rings is 2. The molecule has 0 spiro atoms. The fraction of sp³-hybridized carbons (Fsp3) is 0.125. The molecule has 0 aromatic heterocycles. The highest BCUT2D eigenvalue weighted by atomic mass is 16.3. The molecule has 0 saturated heterocycles. The number of fused-ring (bicyclic) bond motifs is 2. The maximum atomic E-state index is 12.2. The fourth-order valence-electron chi connectivity index (χ4n) is 3.61. The number of allylic oxidation sites excluding steroid dienone is 1. The summed E-state index contributed by atoms with van der Waals surface area (Å²) in [5.41, 5.74) is 2.43. The number of ketones is 2. The van der Waals surface area contributed by atoms with E-state index in [-0.39, 0.29) is 23.7 Å². The van der Waals surface area contributed by atoms with E-state index in [0.717, 1.165) is 0 Å². The number of Topliss-reactive ketones (excluding diaryl/α,β-unsaturated/α-hetero) is 2. The van der Waals surface area contributed by atoms with Crippen molar-refractivity contribution in [3.8, 4) is 28.2 Å². The SMILES string of the molecule is C=CC(Nc1ccc(-c2c3cc(O)c(=O)cc-3oc3c2CC(=O)C(O)=C3)cc1)C(C)=O. The summed E-state index contributed by atoms with van der Waals surface area (Å²) in [5.74, 6) is -0.880. The maximum absolute atomic E-state index is 12.2. The van der Waals surface area contributed by atoms with Crippen LogP contribution in [0.15, 0.2) is 64.0 Å². The van der Waals surface area contributed by atoms with Gasteiger partial charge in [0.1, 0.15) is 17.6 Å². The molecule has 1 aromatic rings. The van der Waals surface area contributed by atoms with Gasteiger partial charge in [0.15, 0.2) is 17.3 Å². The normalized spacial score (nSPS) is 14.0. The minimum absolute atomic E-state index is 0.0715. The first-order chi connectivity index (χ1) is 14.8. The fourth-order valence-corrected chi connectivity index (χ4v) is 3.61. The van der Waals surface area contributed by atoms with Gasteiger partial charge in [-0.05, 0) is 30.7 Å². The highest BCUT2D eigenvalue weighted by Crippen LogP contribution is 2.42. The minimum Gasteiger partial charge on any atom is -0.504 e. The second-order valence-corrected chi connectivity index (χ2v) is 7.31. The first-order valence-corrected chi connectivity index (χ1v) is 9.55. The second-order valence-electron chi connectivity index (χ2n) is 7.31. The van der Waals surface area contributed by atoms with Crippen LogP contribution < -0.4 is 10.7 Å². The van der Waals surface area contributed by atoms with Gasteiger partial charge in [0.05, 0.1) is 0 Å². The van der Waals surface area contributed by atoms with Gasteiger partial charge in [0, 0.05) is 40.9 Å². The van der Waals surface area contributed by atoms with Crippen LogP contribution in [-0.2, 0) is 16.0 Å². The number of hydrogen-bond donors (Lipinski definition) is 3. The molecule has 1 aromatic carbocycles. The number of aliphatic hydroxyl groups is 1. The molecule has 0 bridgehead atoms. The van der Waals surface area contributed by atoms with Crippen LogP contribution in [0.5, 0.6) is 5.75 Å². The van der Waals surface area contributed by atoms with Gasteiger partial charge in [-0.25, -0.2) is 0 Å². The third-order valence-corrected chi connectivity index (χ3v) is 5.21. The summed E-state index contributed by atoms with van der Waals surface area (Å²) in [6, 6.07) is 9.11. The number of hydrogen-bond acceptors (Lipinski definition) is 7. The number of rotatable bonds is 5. The summed E-state index contributed by atoms with van der Waals surface area (Å²) in [5, 5.41) is 22.9. The van der Waals surface area contributed by atoms with E-state index in [1.165, 1.54) is 31.2 Å². The predicted molar refractivity (Wildman–Crippen MR) is 116 cm³/mol. The van der Waals surface area contributed by atoms with Gasteiger partial charge in [-0.2, -0.15) is 0 Å². The highest BCUT2D eigenvalue weighted by Gasteiger charge is 2.28. The van der Waals surface area contributed by atoms with Crippen LogP contribution >= 0.6 is 0 Å². The van der Waals surface area contributed by atoms with Crippen LogP contribution in [0.4, 0.5) is 5.69 Å². The Hall–Kier alpha value is -4.13. The van der Waals surface area contributed by atoms with Crippen molar-refractivity contribution in [2.24, 2.45) is 0 Å². The maximum Gasteiger partial charge on any atom is 0.223 e. The van der Waals surface area contributed by atoms with E-state index in [0.29, 0.717) is 27.9 Å². The van der Waals surface area contributed by atoms with Gasteiger partial charge in [-0.15, -0.1) is 6.58 Å². The lowest BCUT2D eigenvalue weighted by molar-refractivity contribution is -0.117. The van der Waals surface area contributed by atoms with Gasteiger partial charge in [0.25, 0.3) is 0 Å². The third-order valence-electron chi connectivity index (χ3n) is 5.21. The molecule has 0 amide bonds. The van der Waals surface area contributed by atoms with Crippen LogP contribution in [0, 0.1) is 0 Å². The molecular weight excluding hydrogens is 398 g/mol. The number of carbonyl (C=O) groups is 2. The highest BCUT2D eigenvalue weighted by molar-refractivity contribution is 6.03. The largest absolute Gasteiger partial charge is 0.504 e. The van der Waals surface area contributed by atoms with E-state index >= 15 is 0 Å². The van der Waals surface area contributed by atoms with Crippen LogP contribution in [0.1, 0.15) is 18.2 Å². The van der Waals surface area contributed by atoms with Gasteiger partial charge in [0.2, 0.25) is 11.2 Å². The molecular formula is C24H19NO6. The summed E-state index contributed by atoms with van der Waals surface area (Å²) in [7, 11) is 0. The quantitative estimate of drug-likeness (QED) is 0.542. The zero-order valence-corrected chi connectivity index (χ0v) is 16.6. The monoisotopic (exact) mass is 417 g/mol. The second kappa shape index (κ2) is 7.60. The van der Waals surface area contributed by atoms with Gasteiger partial charge in [-0.3, -0.25) is 14.4 Å². The van der Waals surface area contributed by atoms with Crippen LogP contribution in [0.3, 0.4) is 0 Å². The lowest BCUT2D eigenvalue weighted by Gasteiger charge is -2.21. The van der Waals surface area contributed by atoms with E-state index in [1.54, 1.807) is 24.3 Å². The molecule has 0 radical (unpaired) electrons. The van der Waals surface area contributed by atoms with Crippen LogP contribution in [-0.4, -0.2) is 27.8 Å². The number of anilines is 1. The standard InChI is InChI=1S/C24H19NO6/c1-3-17(12(2)26)25-14-6-4-13(5-7-14)24-15-8-18(27)20(29)10-22(15)31-23-11-21(30)19(28)9-16(23)24/h3-8,10-11,17,25,27,30H,1,9H2,2H3. The van der Waals surface area contributed by atoms with Crippen molar-refractivity contribution >= 4 is 23.3 Å². The van der Waals surface area contributed by atoms with E-state index in [1.807, 2.05) is 0 Å². The number of aromatic hydroxyl groups is 1. The van der Waals surface area contributed by atoms with Crippen molar-refractivity contribution in [2.75, 3.05) is 5.32 Å². The van der Waals surface area contributed by atoms with Crippen molar-refractivity contribution in [3.63, 3.8) is 0 Å². The number of phenols is 1. The summed E-state index contributed by atoms with van der Waals surface area (Å²) < 4.78 is 5.76. The Morgan fingerprint density at radius 3 is 2.55 bits per heavy atom. The van der Waals surface area contributed by atoms with Crippen molar-refractivity contribution in [3.05, 3.63) is 76.4 Å². The molecule has 31 heavy (non-hydrogen) atoms. The Balaban J connectivity index is 1.89. The van der Waals surface area contributed by atoms with Gasteiger partial charge >= 0.3 is 0 Å². The minimum atomic E-state index is -0.596. The van der Waals surface area contributed by atoms with E-state index in [9.17, 15) is 24.6 Å². The predicted octanol–water partition coefficient (Wildman–Crippen LogP) is 3.70. The molecule has 3 N–H and O–H groups in total. The Bertz CT molecular complexity index is 1280. The molecule has 7 heteroatoms. The number of nitrogens with one attached hydrogen (secondary N) is 1. The lowest BCUT2D eigenvalue weighted by Crippen LogP contribution is -2.24. The van der Waals surface area contributed by atoms with Gasteiger partial charge < -0.3 is 19.9 Å². The summed E-state index contributed by atoms with van der Waals surface area (Å²) in [4.78, 5) is 35.7. The molecule has 1 heterocycles. The molecule has 3 aliphatic rings. The average Bonchev–Trinajstić information content (AvgIpc) is 2.73. The Morgan fingerprint density at radius 2 is 1.90 bits per heavy atom. The summed E-state index contributed by atoms with van der Waals surface area (Å²) >= 11 is 0. The molecule has 1 aliphatic heterocycles. The van der Waals surface area contributed by atoms with Gasteiger partial charge in [-0.1, -0.05) is 18.2 Å². The number of phenolic OH excluding ortho intramolecular Hbond substituents is 1.